The first-order valence-electron chi connectivity index (χ1n) is 7.48. The van der Waals surface area contributed by atoms with Gasteiger partial charge < -0.3 is 4.98 Å². The predicted octanol–water partition coefficient (Wildman–Crippen LogP) is 4.80. The smallest absolute Gasteiger partial charge is 0.121 e. The molecule has 3 rings (SSSR count). The molecule has 2 nitrogen and oxygen atoms in total. The maximum atomic E-state index is 9.42. The van der Waals surface area contributed by atoms with E-state index in [0.29, 0.717) is 16.1 Å². The Labute approximate surface area is 130 Å². The number of benzene rings is 1. The first kappa shape index (κ1) is 14.0. The summed E-state index contributed by atoms with van der Waals surface area (Å²) >= 11 is 5.40. The Kier molecular flexibility index (Phi) is 3.90. The van der Waals surface area contributed by atoms with Crippen LogP contribution in [0.15, 0.2) is 30.3 Å². The summed E-state index contributed by atoms with van der Waals surface area (Å²) in [7, 11) is 0. The molecule has 1 N–H and O–H groups in total. The summed E-state index contributed by atoms with van der Waals surface area (Å²) in [5.74, 6) is 0.705. The van der Waals surface area contributed by atoms with Crippen LogP contribution in [-0.2, 0) is 12.8 Å². The fourth-order valence-corrected chi connectivity index (χ4v) is 3.52. The highest BCUT2D eigenvalue weighted by molar-refractivity contribution is 7.71. The Balaban J connectivity index is 2.24. The van der Waals surface area contributed by atoms with E-state index in [2.05, 4.69) is 30.1 Å². The van der Waals surface area contributed by atoms with Crippen molar-refractivity contribution in [3.63, 3.8) is 0 Å². The van der Waals surface area contributed by atoms with Crippen molar-refractivity contribution in [2.24, 2.45) is 5.92 Å². The van der Waals surface area contributed by atoms with E-state index in [-0.39, 0.29) is 0 Å². The largest absolute Gasteiger partial charge is 0.345 e. The van der Waals surface area contributed by atoms with E-state index in [1.165, 1.54) is 17.5 Å². The minimum Gasteiger partial charge on any atom is -0.345 e. The zero-order valence-corrected chi connectivity index (χ0v) is 13.0. The van der Waals surface area contributed by atoms with Crippen LogP contribution in [0.4, 0.5) is 0 Å². The molecule has 0 saturated heterocycles. The number of nitrogens with one attached hydrogen (secondary N) is 1. The molecule has 1 aliphatic rings. The van der Waals surface area contributed by atoms with E-state index in [0.717, 1.165) is 30.5 Å². The van der Waals surface area contributed by atoms with Gasteiger partial charge in [-0.2, -0.15) is 5.26 Å². The van der Waals surface area contributed by atoms with Gasteiger partial charge >= 0.3 is 0 Å². The highest BCUT2D eigenvalue weighted by atomic mass is 32.1. The second kappa shape index (κ2) is 5.83. The van der Waals surface area contributed by atoms with Crippen molar-refractivity contribution in [3.05, 3.63) is 51.7 Å². The lowest BCUT2D eigenvalue weighted by Crippen LogP contribution is -2.17. The maximum Gasteiger partial charge on any atom is 0.121 e. The highest BCUT2D eigenvalue weighted by Gasteiger charge is 2.24. The molecule has 0 bridgehead atoms. The molecule has 0 aliphatic heterocycles. The lowest BCUT2D eigenvalue weighted by molar-refractivity contribution is 0.444. The van der Waals surface area contributed by atoms with Crippen molar-refractivity contribution in [2.75, 3.05) is 0 Å². The predicted molar refractivity (Wildman–Crippen MR) is 87.6 cm³/mol. The Morgan fingerprint density at radius 3 is 2.71 bits per heavy atom. The SMILES string of the molecule is CC[C@@H]1CCc2c(c(-c3ccccc3)[nH]c(=S)c2C#N)C1. The minimum absolute atomic E-state index is 0.574. The Hall–Kier alpha value is -1.92. The lowest BCUT2D eigenvalue weighted by Gasteiger charge is -2.26. The van der Waals surface area contributed by atoms with Gasteiger partial charge in [-0.05, 0) is 41.9 Å². The van der Waals surface area contributed by atoms with Crippen molar-refractivity contribution < 1.29 is 0 Å². The Morgan fingerprint density at radius 2 is 2.05 bits per heavy atom. The van der Waals surface area contributed by atoms with Gasteiger partial charge in [0.15, 0.2) is 0 Å². The van der Waals surface area contributed by atoms with Crippen LogP contribution in [0, 0.1) is 21.9 Å². The molecule has 0 spiro atoms. The fraction of sp³-hybridized carbons (Fsp3) is 0.333. The maximum absolute atomic E-state index is 9.42. The van der Waals surface area contributed by atoms with Crippen LogP contribution in [0.1, 0.15) is 36.5 Å². The van der Waals surface area contributed by atoms with Gasteiger partial charge in [-0.15, -0.1) is 0 Å². The van der Waals surface area contributed by atoms with Gasteiger partial charge in [-0.25, -0.2) is 0 Å². The topological polar surface area (TPSA) is 39.6 Å². The van der Waals surface area contributed by atoms with E-state index in [9.17, 15) is 5.26 Å². The van der Waals surface area contributed by atoms with E-state index < -0.39 is 0 Å². The quantitative estimate of drug-likeness (QED) is 0.808. The molecule has 0 saturated carbocycles. The third-order valence-corrected chi connectivity index (χ3v) is 4.79. The molecule has 1 aromatic heterocycles. The van der Waals surface area contributed by atoms with Gasteiger partial charge in [0, 0.05) is 5.69 Å². The van der Waals surface area contributed by atoms with Gasteiger partial charge in [0.25, 0.3) is 0 Å². The van der Waals surface area contributed by atoms with Crippen molar-refractivity contribution in [3.8, 4) is 17.3 Å². The summed E-state index contributed by atoms with van der Waals surface area (Å²) in [5, 5.41) is 9.42. The third-order valence-electron chi connectivity index (χ3n) is 4.48. The van der Waals surface area contributed by atoms with Crippen LogP contribution in [0.3, 0.4) is 0 Å². The van der Waals surface area contributed by atoms with Crippen LogP contribution >= 0.6 is 12.2 Å². The van der Waals surface area contributed by atoms with Gasteiger partial charge in [0.2, 0.25) is 0 Å². The molecule has 21 heavy (non-hydrogen) atoms. The van der Waals surface area contributed by atoms with Gasteiger partial charge in [0.05, 0.1) is 5.56 Å². The summed E-state index contributed by atoms with van der Waals surface area (Å²) in [4.78, 5) is 3.31. The summed E-state index contributed by atoms with van der Waals surface area (Å²) < 4.78 is 0.574. The highest BCUT2D eigenvalue weighted by Crippen LogP contribution is 2.35. The number of aromatic amines is 1. The average molecular weight is 294 g/mol. The van der Waals surface area contributed by atoms with Crippen LogP contribution in [0.25, 0.3) is 11.3 Å². The summed E-state index contributed by atoms with van der Waals surface area (Å²) in [6.45, 7) is 2.24. The van der Waals surface area contributed by atoms with Crippen LogP contribution in [0.2, 0.25) is 0 Å². The number of fused-ring (bicyclic) bond motifs is 1. The van der Waals surface area contributed by atoms with E-state index in [1.807, 2.05) is 18.2 Å². The lowest BCUT2D eigenvalue weighted by atomic mass is 9.79. The molecule has 1 atom stereocenters. The molecular weight excluding hydrogens is 276 g/mol. The van der Waals surface area contributed by atoms with Crippen LogP contribution < -0.4 is 0 Å². The molecule has 106 valence electrons. The number of hydrogen-bond acceptors (Lipinski definition) is 2. The number of pyridine rings is 1. The number of aromatic nitrogens is 1. The number of hydrogen-bond donors (Lipinski definition) is 1. The second-order valence-electron chi connectivity index (χ2n) is 5.66. The molecule has 1 aromatic carbocycles. The molecular formula is C18H18N2S. The van der Waals surface area contributed by atoms with Crippen molar-refractivity contribution in [1.29, 1.82) is 5.26 Å². The molecule has 0 unspecified atom stereocenters. The summed E-state index contributed by atoms with van der Waals surface area (Å²) in [5.41, 5.74) is 5.40. The Morgan fingerprint density at radius 1 is 1.29 bits per heavy atom. The third kappa shape index (κ3) is 2.52. The average Bonchev–Trinajstić information content (AvgIpc) is 2.54. The van der Waals surface area contributed by atoms with Crippen LogP contribution in [-0.4, -0.2) is 4.98 Å². The molecule has 1 heterocycles. The first-order chi connectivity index (χ1) is 10.2. The molecule has 0 fully saturated rings. The Bertz CT molecular complexity index is 753. The molecule has 0 amide bonds. The zero-order valence-electron chi connectivity index (χ0n) is 12.1. The second-order valence-corrected chi connectivity index (χ2v) is 6.06. The monoisotopic (exact) mass is 294 g/mol. The number of nitriles is 1. The molecule has 3 heteroatoms. The minimum atomic E-state index is 0.574. The zero-order chi connectivity index (χ0) is 14.8. The van der Waals surface area contributed by atoms with Crippen LogP contribution in [0.5, 0.6) is 0 Å². The number of rotatable bonds is 2. The molecule has 2 aromatic rings. The van der Waals surface area contributed by atoms with E-state index in [4.69, 9.17) is 12.2 Å². The standard InChI is InChI=1S/C18H18N2S/c1-2-12-8-9-14-15(10-12)17(13-6-4-3-5-7-13)20-18(21)16(14)11-19/h3-7,12H,2,8-10H2,1H3,(H,20,21)/t12-/m1/s1. The van der Waals surface area contributed by atoms with Gasteiger partial charge in [-0.1, -0.05) is 55.9 Å². The van der Waals surface area contributed by atoms with E-state index in [1.54, 1.807) is 0 Å². The number of nitrogens with zero attached hydrogens (tertiary/aromatic N) is 1. The number of H-pyrrole nitrogens is 1. The van der Waals surface area contributed by atoms with Gasteiger partial charge in [0.1, 0.15) is 10.7 Å². The molecule has 1 aliphatic carbocycles. The molecule has 0 radical (unpaired) electrons. The van der Waals surface area contributed by atoms with Crippen molar-refractivity contribution in [1.82, 2.24) is 4.98 Å². The fourth-order valence-electron chi connectivity index (χ4n) is 3.25. The van der Waals surface area contributed by atoms with Crippen molar-refractivity contribution >= 4 is 12.2 Å². The first-order valence-corrected chi connectivity index (χ1v) is 7.89. The van der Waals surface area contributed by atoms with E-state index >= 15 is 0 Å². The normalized spacial score (nSPS) is 17.0. The summed E-state index contributed by atoms with van der Waals surface area (Å²) in [6, 6.07) is 12.6. The van der Waals surface area contributed by atoms with Gasteiger partial charge in [-0.3, -0.25) is 0 Å². The summed E-state index contributed by atoms with van der Waals surface area (Å²) in [6.07, 6.45) is 4.35. The van der Waals surface area contributed by atoms with Crippen molar-refractivity contribution in [2.45, 2.75) is 32.6 Å².